The monoisotopic (exact) mass is 289 g/mol. The van der Waals surface area contributed by atoms with E-state index >= 15 is 0 Å². The number of nitrogens with zero attached hydrogens (tertiary/aromatic N) is 2. The summed E-state index contributed by atoms with van der Waals surface area (Å²) >= 11 is 2.08. The zero-order chi connectivity index (χ0) is 9.42. The maximum Gasteiger partial charge on any atom is 0.296 e. The molecule has 0 saturated heterocycles. The number of halogens is 1. The zero-order valence-electron chi connectivity index (χ0n) is 6.32. The van der Waals surface area contributed by atoms with Crippen LogP contribution in [0.15, 0.2) is 18.5 Å². The van der Waals surface area contributed by atoms with E-state index < -0.39 is 4.92 Å². The Bertz CT molecular complexity index is 480. The Balaban J connectivity index is 2.84. The van der Waals surface area contributed by atoms with Crippen molar-refractivity contribution in [2.45, 2.75) is 0 Å². The number of H-pyrrole nitrogens is 1. The first-order chi connectivity index (χ1) is 6.20. The highest BCUT2D eigenvalue weighted by molar-refractivity contribution is 14.1. The van der Waals surface area contributed by atoms with E-state index in [9.17, 15) is 10.1 Å². The van der Waals surface area contributed by atoms with E-state index in [-0.39, 0.29) is 5.69 Å². The molecule has 0 amide bonds. The van der Waals surface area contributed by atoms with Crippen LogP contribution in [0.2, 0.25) is 0 Å². The van der Waals surface area contributed by atoms with Crippen molar-refractivity contribution < 1.29 is 4.92 Å². The summed E-state index contributed by atoms with van der Waals surface area (Å²) in [5.74, 6) is 0. The standard InChI is InChI=1S/C7H4IN3O2/c8-4-3-10-7-5(11(12)13)1-2-9-6(4)7/h1-3,10H. The van der Waals surface area contributed by atoms with Gasteiger partial charge in [-0.25, -0.2) is 0 Å². The number of pyridine rings is 1. The fourth-order valence-corrected chi connectivity index (χ4v) is 1.70. The molecule has 0 bridgehead atoms. The minimum Gasteiger partial charge on any atom is -0.353 e. The second kappa shape index (κ2) is 2.95. The lowest BCUT2D eigenvalue weighted by Gasteiger charge is -1.92. The number of nitro groups is 1. The molecule has 0 aliphatic carbocycles. The molecule has 0 fully saturated rings. The Kier molecular flexibility index (Phi) is 1.91. The largest absolute Gasteiger partial charge is 0.353 e. The van der Waals surface area contributed by atoms with Crippen LogP contribution in [-0.2, 0) is 0 Å². The number of hydrogen-bond donors (Lipinski definition) is 1. The fraction of sp³-hybridized carbons (Fsp3) is 0. The van der Waals surface area contributed by atoms with Crippen molar-refractivity contribution in [3.8, 4) is 0 Å². The van der Waals surface area contributed by atoms with Crippen molar-refractivity contribution in [3.05, 3.63) is 32.1 Å². The summed E-state index contributed by atoms with van der Waals surface area (Å²) in [5.41, 5.74) is 1.19. The fourth-order valence-electron chi connectivity index (χ4n) is 1.13. The minimum absolute atomic E-state index is 0.0629. The van der Waals surface area contributed by atoms with E-state index in [1.54, 1.807) is 6.20 Å². The van der Waals surface area contributed by atoms with E-state index in [1.807, 2.05) is 0 Å². The summed E-state index contributed by atoms with van der Waals surface area (Å²) in [7, 11) is 0. The van der Waals surface area contributed by atoms with Crippen LogP contribution in [0.25, 0.3) is 11.0 Å². The molecule has 0 aromatic carbocycles. The van der Waals surface area contributed by atoms with Crippen LogP contribution in [0.1, 0.15) is 0 Å². The van der Waals surface area contributed by atoms with Gasteiger partial charge in [0.1, 0.15) is 11.0 Å². The molecule has 2 aromatic heterocycles. The van der Waals surface area contributed by atoms with Crippen molar-refractivity contribution in [1.29, 1.82) is 0 Å². The molecular weight excluding hydrogens is 285 g/mol. The van der Waals surface area contributed by atoms with Crippen LogP contribution in [0.5, 0.6) is 0 Å². The molecule has 2 rings (SSSR count). The third-order valence-electron chi connectivity index (χ3n) is 1.70. The van der Waals surface area contributed by atoms with Crippen LogP contribution in [0, 0.1) is 13.7 Å². The molecule has 6 heteroatoms. The Morgan fingerprint density at radius 3 is 3.08 bits per heavy atom. The highest BCUT2D eigenvalue weighted by atomic mass is 127. The van der Waals surface area contributed by atoms with Gasteiger partial charge in [-0.3, -0.25) is 15.1 Å². The van der Waals surface area contributed by atoms with E-state index in [4.69, 9.17) is 0 Å². The number of rotatable bonds is 1. The predicted octanol–water partition coefficient (Wildman–Crippen LogP) is 2.08. The first kappa shape index (κ1) is 8.42. The second-order valence-electron chi connectivity index (χ2n) is 2.45. The second-order valence-corrected chi connectivity index (χ2v) is 3.61. The lowest BCUT2D eigenvalue weighted by Crippen LogP contribution is -1.89. The van der Waals surface area contributed by atoms with Crippen molar-refractivity contribution in [1.82, 2.24) is 9.97 Å². The molecule has 0 unspecified atom stereocenters. The van der Waals surface area contributed by atoms with Crippen LogP contribution in [0.3, 0.4) is 0 Å². The first-order valence-electron chi connectivity index (χ1n) is 3.46. The van der Waals surface area contributed by atoms with Gasteiger partial charge in [0.15, 0.2) is 0 Å². The molecule has 5 nitrogen and oxygen atoms in total. The van der Waals surface area contributed by atoms with Gasteiger partial charge in [0.05, 0.1) is 8.49 Å². The first-order valence-corrected chi connectivity index (χ1v) is 4.54. The molecule has 2 aromatic rings. The van der Waals surface area contributed by atoms with Crippen molar-refractivity contribution in [3.63, 3.8) is 0 Å². The van der Waals surface area contributed by atoms with Gasteiger partial charge < -0.3 is 4.98 Å². The van der Waals surface area contributed by atoms with Gasteiger partial charge in [-0.1, -0.05) is 0 Å². The summed E-state index contributed by atoms with van der Waals surface area (Å²) in [4.78, 5) is 17.0. The highest BCUT2D eigenvalue weighted by Gasteiger charge is 2.14. The number of aromatic nitrogens is 2. The highest BCUT2D eigenvalue weighted by Crippen LogP contribution is 2.25. The predicted molar refractivity (Wildman–Crippen MR) is 55.5 cm³/mol. The average Bonchev–Trinajstić information content (AvgIpc) is 2.48. The number of nitrogens with one attached hydrogen (secondary N) is 1. The van der Waals surface area contributed by atoms with E-state index in [0.29, 0.717) is 11.0 Å². The summed E-state index contributed by atoms with van der Waals surface area (Å²) in [6.45, 7) is 0. The van der Waals surface area contributed by atoms with E-state index in [2.05, 4.69) is 32.6 Å². The van der Waals surface area contributed by atoms with Gasteiger partial charge >= 0.3 is 0 Å². The zero-order valence-corrected chi connectivity index (χ0v) is 8.48. The molecule has 1 N–H and O–H groups in total. The summed E-state index contributed by atoms with van der Waals surface area (Å²) < 4.78 is 0.885. The molecule has 0 aliphatic rings. The molecule has 0 saturated carbocycles. The number of fused-ring (bicyclic) bond motifs is 1. The SMILES string of the molecule is O=[N+]([O-])c1ccnc2c(I)c[nH]c12. The molecule has 0 atom stereocenters. The molecule has 0 aliphatic heterocycles. The van der Waals surface area contributed by atoms with E-state index in [1.165, 1.54) is 12.3 Å². The maximum absolute atomic E-state index is 10.6. The average molecular weight is 289 g/mol. The lowest BCUT2D eigenvalue weighted by molar-refractivity contribution is -0.383. The summed E-state index contributed by atoms with van der Waals surface area (Å²) in [6, 6.07) is 1.38. The molecule has 0 radical (unpaired) electrons. The lowest BCUT2D eigenvalue weighted by atomic mass is 10.3. The Labute approximate surface area is 86.5 Å². The Hall–Kier alpha value is -1.18. The number of aromatic amines is 1. The van der Waals surface area contributed by atoms with Crippen molar-refractivity contribution in [2.75, 3.05) is 0 Å². The van der Waals surface area contributed by atoms with Gasteiger partial charge in [0.2, 0.25) is 0 Å². The summed E-state index contributed by atoms with van der Waals surface area (Å²) in [5, 5.41) is 10.6. The van der Waals surface area contributed by atoms with E-state index in [0.717, 1.165) is 3.57 Å². The summed E-state index contributed by atoms with van der Waals surface area (Å²) in [6.07, 6.45) is 3.14. The van der Waals surface area contributed by atoms with Gasteiger partial charge in [-0.15, -0.1) is 0 Å². The van der Waals surface area contributed by atoms with Crippen molar-refractivity contribution >= 4 is 39.3 Å². The molecular formula is C7H4IN3O2. The van der Waals surface area contributed by atoms with Crippen molar-refractivity contribution in [2.24, 2.45) is 0 Å². The molecule has 2 heterocycles. The van der Waals surface area contributed by atoms with Crippen LogP contribution in [0.4, 0.5) is 5.69 Å². The third kappa shape index (κ3) is 1.26. The van der Waals surface area contributed by atoms with Gasteiger partial charge in [0.25, 0.3) is 5.69 Å². The molecule has 0 spiro atoms. The smallest absolute Gasteiger partial charge is 0.296 e. The van der Waals surface area contributed by atoms with Gasteiger partial charge in [-0.05, 0) is 22.6 Å². The van der Waals surface area contributed by atoms with Gasteiger partial charge in [-0.2, -0.15) is 0 Å². The van der Waals surface area contributed by atoms with Crippen LogP contribution < -0.4 is 0 Å². The van der Waals surface area contributed by atoms with Crippen LogP contribution in [-0.4, -0.2) is 14.9 Å². The molecule has 66 valence electrons. The third-order valence-corrected chi connectivity index (χ3v) is 2.52. The number of hydrogen-bond acceptors (Lipinski definition) is 3. The topological polar surface area (TPSA) is 71.8 Å². The quantitative estimate of drug-likeness (QED) is 0.496. The van der Waals surface area contributed by atoms with Crippen LogP contribution >= 0.6 is 22.6 Å². The Morgan fingerprint density at radius 2 is 2.38 bits per heavy atom. The molecule has 13 heavy (non-hydrogen) atoms. The normalized spacial score (nSPS) is 10.5. The Morgan fingerprint density at radius 1 is 1.62 bits per heavy atom. The van der Waals surface area contributed by atoms with Gasteiger partial charge in [0, 0.05) is 18.5 Å². The maximum atomic E-state index is 10.6. The minimum atomic E-state index is -0.420.